The van der Waals surface area contributed by atoms with Crippen molar-refractivity contribution in [3.05, 3.63) is 17.8 Å². The monoisotopic (exact) mass is 267 g/mol. The Morgan fingerprint density at radius 1 is 1.63 bits per heavy atom. The molecule has 0 spiro atoms. The van der Waals surface area contributed by atoms with Gasteiger partial charge in [0.15, 0.2) is 0 Å². The maximum atomic E-state index is 11.1. The van der Waals surface area contributed by atoms with Gasteiger partial charge in [0.05, 0.1) is 24.1 Å². The Balaban J connectivity index is 3.07. The van der Waals surface area contributed by atoms with Crippen LogP contribution in [0.4, 0.5) is 11.5 Å². The highest BCUT2D eigenvalue weighted by atomic mass is 16.5. The molecule has 0 aliphatic heterocycles. The Morgan fingerprint density at radius 3 is 2.84 bits per heavy atom. The third-order valence-electron chi connectivity index (χ3n) is 3.10. The van der Waals surface area contributed by atoms with Crippen molar-refractivity contribution < 1.29 is 14.6 Å². The number of carboxylic acid groups (broad SMARTS) is 1. The fraction of sp³-hybridized carbons (Fsp3) is 0.538. The van der Waals surface area contributed by atoms with E-state index in [2.05, 4.69) is 18.8 Å². The van der Waals surface area contributed by atoms with Crippen LogP contribution in [0, 0.1) is 0 Å². The number of aromatic carboxylic acids is 1. The zero-order valence-corrected chi connectivity index (χ0v) is 11.6. The molecule has 0 aliphatic rings. The molecule has 1 rings (SSSR count). The number of hydrogen-bond acceptors (Lipinski definition) is 5. The molecule has 0 aliphatic carbocycles. The highest BCUT2D eigenvalue weighted by Crippen LogP contribution is 2.20. The van der Waals surface area contributed by atoms with Gasteiger partial charge in [-0.05, 0) is 19.4 Å². The summed E-state index contributed by atoms with van der Waals surface area (Å²) < 4.78 is 5.08. The molecule has 0 aromatic carbocycles. The van der Waals surface area contributed by atoms with Gasteiger partial charge in [0.25, 0.3) is 0 Å². The number of nitrogen functional groups attached to an aromatic ring is 1. The first-order chi connectivity index (χ1) is 9.01. The number of ether oxygens (including phenoxy) is 1. The van der Waals surface area contributed by atoms with E-state index in [0.717, 1.165) is 6.42 Å². The molecule has 0 saturated heterocycles. The minimum absolute atomic E-state index is 0.0794. The summed E-state index contributed by atoms with van der Waals surface area (Å²) in [4.78, 5) is 17.3. The Morgan fingerprint density at radius 2 is 2.32 bits per heavy atom. The van der Waals surface area contributed by atoms with Gasteiger partial charge in [0.1, 0.15) is 5.82 Å². The van der Waals surface area contributed by atoms with Crippen LogP contribution in [0.2, 0.25) is 0 Å². The van der Waals surface area contributed by atoms with Crippen molar-refractivity contribution in [2.75, 3.05) is 30.9 Å². The predicted octanol–water partition coefficient (Wildman–Crippen LogP) is 1.61. The van der Waals surface area contributed by atoms with Crippen LogP contribution in [0.5, 0.6) is 0 Å². The number of carbonyl (C=O) groups is 1. The molecule has 6 heteroatoms. The summed E-state index contributed by atoms with van der Waals surface area (Å²) in [6.45, 7) is 5.34. The lowest BCUT2D eigenvalue weighted by atomic mass is 10.2. The second-order valence-corrected chi connectivity index (χ2v) is 4.38. The van der Waals surface area contributed by atoms with E-state index in [9.17, 15) is 4.79 Å². The molecule has 1 unspecified atom stereocenters. The molecule has 19 heavy (non-hydrogen) atoms. The van der Waals surface area contributed by atoms with Crippen molar-refractivity contribution in [2.45, 2.75) is 26.3 Å². The molecule has 3 N–H and O–H groups in total. The average Bonchev–Trinajstić information content (AvgIpc) is 2.40. The van der Waals surface area contributed by atoms with E-state index in [1.165, 1.54) is 12.3 Å². The van der Waals surface area contributed by atoms with Crippen LogP contribution in [-0.4, -0.2) is 42.4 Å². The molecule has 0 fully saturated rings. The molecule has 1 atom stereocenters. The Labute approximate surface area is 113 Å². The zero-order chi connectivity index (χ0) is 14.4. The van der Waals surface area contributed by atoms with Gasteiger partial charge in [0.2, 0.25) is 0 Å². The quantitative estimate of drug-likeness (QED) is 0.780. The molecule has 106 valence electrons. The minimum atomic E-state index is -1.04. The van der Waals surface area contributed by atoms with Crippen LogP contribution in [-0.2, 0) is 4.74 Å². The van der Waals surface area contributed by atoms with E-state index in [4.69, 9.17) is 15.6 Å². The van der Waals surface area contributed by atoms with Gasteiger partial charge < -0.3 is 20.5 Å². The van der Waals surface area contributed by atoms with Crippen LogP contribution in [0.3, 0.4) is 0 Å². The van der Waals surface area contributed by atoms with Gasteiger partial charge >= 0.3 is 5.97 Å². The van der Waals surface area contributed by atoms with Gasteiger partial charge in [-0.25, -0.2) is 9.78 Å². The van der Waals surface area contributed by atoms with Gasteiger partial charge in [-0.1, -0.05) is 6.92 Å². The van der Waals surface area contributed by atoms with E-state index >= 15 is 0 Å². The maximum absolute atomic E-state index is 11.1. The second kappa shape index (κ2) is 6.94. The summed E-state index contributed by atoms with van der Waals surface area (Å²) in [6, 6.07) is 1.76. The van der Waals surface area contributed by atoms with Crippen molar-refractivity contribution in [1.29, 1.82) is 0 Å². The fourth-order valence-electron chi connectivity index (χ4n) is 1.77. The summed E-state index contributed by atoms with van der Waals surface area (Å²) in [5, 5.41) is 9.09. The lowest BCUT2D eigenvalue weighted by Gasteiger charge is -2.29. The molecule has 1 heterocycles. The van der Waals surface area contributed by atoms with Crippen molar-refractivity contribution >= 4 is 17.5 Å². The lowest BCUT2D eigenvalue weighted by Crippen LogP contribution is -2.36. The van der Waals surface area contributed by atoms with Crippen molar-refractivity contribution in [3.63, 3.8) is 0 Å². The largest absolute Gasteiger partial charge is 0.478 e. The normalized spacial score (nSPS) is 12.2. The van der Waals surface area contributed by atoms with E-state index in [1.807, 2.05) is 4.90 Å². The van der Waals surface area contributed by atoms with E-state index in [-0.39, 0.29) is 17.3 Å². The summed E-state index contributed by atoms with van der Waals surface area (Å²) >= 11 is 0. The van der Waals surface area contributed by atoms with Crippen LogP contribution < -0.4 is 10.6 Å². The molecule has 0 radical (unpaired) electrons. The summed E-state index contributed by atoms with van der Waals surface area (Å²) in [5.74, 6) is -0.435. The van der Waals surface area contributed by atoms with E-state index in [1.54, 1.807) is 7.11 Å². The third kappa shape index (κ3) is 3.82. The molecule has 0 amide bonds. The Bertz CT molecular complexity index is 437. The van der Waals surface area contributed by atoms with Crippen LogP contribution in [0.1, 0.15) is 30.6 Å². The van der Waals surface area contributed by atoms with Crippen molar-refractivity contribution in [2.24, 2.45) is 0 Å². The first-order valence-corrected chi connectivity index (χ1v) is 6.25. The Kier molecular flexibility index (Phi) is 5.57. The zero-order valence-electron chi connectivity index (χ0n) is 11.6. The van der Waals surface area contributed by atoms with Gasteiger partial charge in [-0.15, -0.1) is 0 Å². The van der Waals surface area contributed by atoms with Gasteiger partial charge in [0, 0.05) is 19.7 Å². The first-order valence-electron chi connectivity index (χ1n) is 6.25. The first kappa shape index (κ1) is 15.2. The van der Waals surface area contributed by atoms with Crippen molar-refractivity contribution in [1.82, 2.24) is 4.98 Å². The molecule has 0 bridgehead atoms. The molecule has 1 aromatic rings. The lowest BCUT2D eigenvalue weighted by molar-refractivity contribution is 0.0698. The second-order valence-electron chi connectivity index (χ2n) is 4.38. The molecule has 1 aromatic heterocycles. The third-order valence-corrected chi connectivity index (χ3v) is 3.10. The van der Waals surface area contributed by atoms with Crippen molar-refractivity contribution in [3.8, 4) is 0 Å². The fourth-order valence-corrected chi connectivity index (χ4v) is 1.77. The van der Waals surface area contributed by atoms with Crippen LogP contribution >= 0.6 is 0 Å². The number of aromatic nitrogens is 1. The topological polar surface area (TPSA) is 88.7 Å². The molecular formula is C13H21N3O3. The van der Waals surface area contributed by atoms with Crippen LogP contribution in [0.15, 0.2) is 12.3 Å². The summed E-state index contributed by atoms with van der Waals surface area (Å²) in [6.07, 6.45) is 2.32. The number of carboxylic acids is 1. The number of pyridine rings is 1. The van der Waals surface area contributed by atoms with Crippen LogP contribution in [0.25, 0.3) is 0 Å². The van der Waals surface area contributed by atoms with Gasteiger partial charge in [-0.2, -0.15) is 0 Å². The minimum Gasteiger partial charge on any atom is -0.478 e. The smallest absolute Gasteiger partial charge is 0.337 e. The summed E-state index contributed by atoms with van der Waals surface area (Å²) in [5.41, 5.74) is 5.87. The molecule has 6 nitrogen and oxygen atoms in total. The SMILES string of the molecule is CCC(C)N(CCOC)c1cc(C(=O)O)c(N)cn1. The molecule has 0 saturated carbocycles. The summed E-state index contributed by atoms with van der Waals surface area (Å²) in [7, 11) is 1.63. The number of rotatable bonds is 7. The average molecular weight is 267 g/mol. The number of nitrogens with two attached hydrogens (primary N) is 1. The number of anilines is 2. The number of hydrogen-bond donors (Lipinski definition) is 2. The van der Waals surface area contributed by atoms with E-state index < -0.39 is 5.97 Å². The highest BCUT2D eigenvalue weighted by molar-refractivity contribution is 5.94. The number of methoxy groups -OCH3 is 1. The number of nitrogens with zero attached hydrogens (tertiary/aromatic N) is 2. The van der Waals surface area contributed by atoms with E-state index in [0.29, 0.717) is 19.0 Å². The maximum Gasteiger partial charge on any atom is 0.337 e. The van der Waals surface area contributed by atoms with Gasteiger partial charge in [-0.3, -0.25) is 0 Å². The molecular weight excluding hydrogens is 246 g/mol. The predicted molar refractivity (Wildman–Crippen MR) is 74.6 cm³/mol. The Hall–Kier alpha value is -1.82. The standard InChI is InChI=1S/C13H21N3O3/c1-4-9(2)16(5-6-19-3)12-7-10(13(17)18)11(14)8-15-12/h7-9H,4-6,14H2,1-3H3,(H,17,18). The highest BCUT2D eigenvalue weighted by Gasteiger charge is 2.17.